The molecule has 0 aromatic heterocycles. The summed E-state index contributed by atoms with van der Waals surface area (Å²) in [6.45, 7) is 5.14. The largest absolute Gasteiger partial charge is 0.486 e. The van der Waals surface area contributed by atoms with Crippen LogP contribution >= 0.6 is 0 Å². The second kappa shape index (κ2) is 8.39. The second-order valence-corrected chi connectivity index (χ2v) is 9.05. The number of aryl methyl sites for hydroxylation is 2. The van der Waals surface area contributed by atoms with Crippen molar-refractivity contribution in [3.8, 4) is 17.2 Å². The zero-order chi connectivity index (χ0) is 23.0. The standard InChI is InChI=1S/C28H27NO4/c1-19-15-24-25(30)18-28(33-26(24)16-20(19)2)11-13-29(14-12-28)27(31)21-7-6-10-23(17-21)32-22-8-4-3-5-9-22/h3-10,15-17H,11-14,18H2,1-2H3. The van der Waals surface area contributed by atoms with Crippen LogP contribution in [-0.2, 0) is 0 Å². The lowest BCUT2D eigenvalue weighted by Crippen LogP contribution is -2.52. The lowest BCUT2D eigenvalue weighted by molar-refractivity contribution is -0.00576. The van der Waals surface area contributed by atoms with Gasteiger partial charge < -0.3 is 14.4 Å². The summed E-state index contributed by atoms with van der Waals surface area (Å²) in [5.41, 5.74) is 2.96. The number of Topliss-reactive ketones (excluding diaryl/α,β-unsaturated/α-hetero) is 1. The molecule has 5 heteroatoms. The van der Waals surface area contributed by atoms with Crippen LogP contribution in [0.2, 0.25) is 0 Å². The van der Waals surface area contributed by atoms with Crippen LogP contribution in [0.4, 0.5) is 0 Å². The molecule has 1 spiro atoms. The van der Waals surface area contributed by atoms with Crippen LogP contribution in [0.1, 0.15) is 51.1 Å². The number of benzene rings is 3. The van der Waals surface area contributed by atoms with Crippen molar-refractivity contribution in [2.45, 2.75) is 38.7 Å². The van der Waals surface area contributed by atoms with Crippen LogP contribution in [0, 0.1) is 13.8 Å². The van der Waals surface area contributed by atoms with Crippen LogP contribution in [0.5, 0.6) is 17.2 Å². The Hall–Kier alpha value is -3.60. The Labute approximate surface area is 193 Å². The predicted octanol–water partition coefficient (Wildman–Crippen LogP) is 5.74. The highest BCUT2D eigenvalue weighted by Gasteiger charge is 2.43. The van der Waals surface area contributed by atoms with Gasteiger partial charge in [0, 0.05) is 31.5 Å². The number of ketones is 1. The lowest BCUT2D eigenvalue weighted by atomic mass is 9.81. The molecule has 5 rings (SSSR count). The van der Waals surface area contributed by atoms with E-state index in [4.69, 9.17) is 9.47 Å². The molecular formula is C28H27NO4. The molecule has 0 atom stereocenters. The molecule has 0 saturated carbocycles. The zero-order valence-corrected chi connectivity index (χ0v) is 19.0. The summed E-state index contributed by atoms with van der Waals surface area (Å²) >= 11 is 0. The summed E-state index contributed by atoms with van der Waals surface area (Å²) < 4.78 is 12.3. The number of piperidine rings is 1. The fraction of sp³-hybridized carbons (Fsp3) is 0.286. The number of likely N-dealkylation sites (tertiary alicyclic amines) is 1. The molecule has 1 fully saturated rings. The summed E-state index contributed by atoms with van der Waals surface area (Å²) in [5.74, 6) is 2.14. The maximum absolute atomic E-state index is 13.2. The van der Waals surface area contributed by atoms with Crippen LogP contribution in [0.15, 0.2) is 66.7 Å². The van der Waals surface area contributed by atoms with E-state index >= 15 is 0 Å². The van der Waals surface area contributed by atoms with Gasteiger partial charge in [0.25, 0.3) is 5.91 Å². The number of amides is 1. The molecule has 33 heavy (non-hydrogen) atoms. The first-order valence-electron chi connectivity index (χ1n) is 11.4. The molecule has 168 valence electrons. The van der Waals surface area contributed by atoms with Crippen molar-refractivity contribution >= 4 is 11.7 Å². The number of carbonyl (C=O) groups is 2. The minimum Gasteiger partial charge on any atom is -0.486 e. The number of rotatable bonds is 3. The molecule has 0 bridgehead atoms. The smallest absolute Gasteiger partial charge is 0.253 e. The molecule has 3 aromatic carbocycles. The molecule has 5 nitrogen and oxygen atoms in total. The van der Waals surface area contributed by atoms with E-state index in [9.17, 15) is 9.59 Å². The molecule has 2 aliphatic heterocycles. The highest BCUT2D eigenvalue weighted by atomic mass is 16.5. The van der Waals surface area contributed by atoms with Crippen molar-refractivity contribution in [2.24, 2.45) is 0 Å². The predicted molar refractivity (Wildman–Crippen MR) is 126 cm³/mol. The summed E-state index contributed by atoms with van der Waals surface area (Å²) in [6.07, 6.45) is 1.64. The summed E-state index contributed by atoms with van der Waals surface area (Å²) in [7, 11) is 0. The Balaban J connectivity index is 1.28. The van der Waals surface area contributed by atoms with Crippen LogP contribution in [0.25, 0.3) is 0 Å². The lowest BCUT2D eigenvalue weighted by Gasteiger charge is -2.44. The van der Waals surface area contributed by atoms with Crippen molar-refractivity contribution in [3.05, 3.63) is 89.0 Å². The fourth-order valence-electron chi connectivity index (χ4n) is 4.65. The third-order valence-corrected chi connectivity index (χ3v) is 6.73. The fourth-order valence-corrected chi connectivity index (χ4v) is 4.65. The zero-order valence-electron chi connectivity index (χ0n) is 19.0. The Morgan fingerprint density at radius 2 is 1.61 bits per heavy atom. The van der Waals surface area contributed by atoms with Gasteiger partial charge in [0.2, 0.25) is 0 Å². The van der Waals surface area contributed by atoms with Crippen molar-refractivity contribution in [1.82, 2.24) is 4.90 Å². The SMILES string of the molecule is Cc1cc2c(cc1C)C(=O)CC1(CCN(C(=O)c3cccc(Oc4ccccc4)c3)CC1)O2. The van der Waals surface area contributed by atoms with E-state index in [2.05, 4.69) is 0 Å². The topological polar surface area (TPSA) is 55.8 Å². The van der Waals surface area contributed by atoms with Gasteiger partial charge in [0.15, 0.2) is 5.78 Å². The van der Waals surface area contributed by atoms with Gasteiger partial charge in [-0.25, -0.2) is 0 Å². The van der Waals surface area contributed by atoms with E-state index in [-0.39, 0.29) is 11.7 Å². The number of carbonyl (C=O) groups excluding carboxylic acids is 2. The van der Waals surface area contributed by atoms with E-state index in [0.717, 1.165) is 16.9 Å². The van der Waals surface area contributed by atoms with E-state index in [1.165, 1.54) is 0 Å². The molecule has 1 amide bonds. The Morgan fingerprint density at radius 3 is 2.36 bits per heavy atom. The number of nitrogens with zero attached hydrogens (tertiary/aromatic N) is 1. The highest BCUT2D eigenvalue weighted by Crippen LogP contribution is 2.40. The molecule has 1 saturated heterocycles. The molecule has 0 aliphatic carbocycles. The molecule has 0 radical (unpaired) electrons. The van der Waals surface area contributed by atoms with Crippen LogP contribution < -0.4 is 9.47 Å². The minimum absolute atomic E-state index is 0.0302. The molecule has 0 N–H and O–H groups in total. The monoisotopic (exact) mass is 441 g/mol. The number of hydrogen-bond donors (Lipinski definition) is 0. The Kier molecular flexibility index (Phi) is 5.41. The van der Waals surface area contributed by atoms with Crippen LogP contribution in [-0.4, -0.2) is 35.3 Å². The van der Waals surface area contributed by atoms with Gasteiger partial charge in [0.1, 0.15) is 22.8 Å². The van der Waals surface area contributed by atoms with Crippen molar-refractivity contribution in [1.29, 1.82) is 0 Å². The number of hydrogen-bond acceptors (Lipinski definition) is 4. The second-order valence-electron chi connectivity index (χ2n) is 9.05. The molecule has 2 aliphatic rings. The molecule has 2 heterocycles. The van der Waals surface area contributed by atoms with Gasteiger partial charge in [-0.1, -0.05) is 24.3 Å². The van der Waals surface area contributed by atoms with Gasteiger partial charge in [-0.2, -0.15) is 0 Å². The van der Waals surface area contributed by atoms with Crippen molar-refractivity contribution < 1.29 is 19.1 Å². The third-order valence-electron chi connectivity index (χ3n) is 6.73. The summed E-state index contributed by atoms with van der Waals surface area (Å²) in [4.78, 5) is 27.9. The van der Waals surface area contributed by atoms with Gasteiger partial charge >= 0.3 is 0 Å². The summed E-state index contributed by atoms with van der Waals surface area (Å²) in [5, 5.41) is 0. The quantitative estimate of drug-likeness (QED) is 0.520. The van der Waals surface area contributed by atoms with Gasteiger partial charge in [-0.05, 0) is 67.4 Å². The molecule has 0 unspecified atom stereocenters. The van der Waals surface area contributed by atoms with E-state index in [1.807, 2.05) is 79.4 Å². The van der Waals surface area contributed by atoms with Gasteiger partial charge in [-0.15, -0.1) is 0 Å². The minimum atomic E-state index is -0.527. The Morgan fingerprint density at radius 1 is 0.909 bits per heavy atom. The van der Waals surface area contributed by atoms with E-state index in [0.29, 0.717) is 55.0 Å². The normalized spacial score (nSPS) is 16.8. The molecule has 3 aromatic rings. The number of fused-ring (bicyclic) bond motifs is 1. The Bertz CT molecular complexity index is 1210. The first-order valence-corrected chi connectivity index (χ1v) is 11.4. The number of para-hydroxylation sites is 1. The first kappa shape index (κ1) is 21.3. The average molecular weight is 442 g/mol. The maximum Gasteiger partial charge on any atom is 0.253 e. The van der Waals surface area contributed by atoms with Gasteiger partial charge in [0.05, 0.1) is 12.0 Å². The van der Waals surface area contributed by atoms with Crippen LogP contribution in [0.3, 0.4) is 0 Å². The average Bonchev–Trinajstić information content (AvgIpc) is 2.81. The first-order chi connectivity index (χ1) is 15.9. The van der Waals surface area contributed by atoms with E-state index in [1.54, 1.807) is 6.07 Å². The third kappa shape index (κ3) is 4.23. The summed E-state index contributed by atoms with van der Waals surface area (Å²) in [6, 6.07) is 20.7. The number of ether oxygens (including phenoxy) is 2. The van der Waals surface area contributed by atoms with Crippen molar-refractivity contribution in [2.75, 3.05) is 13.1 Å². The highest BCUT2D eigenvalue weighted by molar-refractivity contribution is 6.00. The van der Waals surface area contributed by atoms with Crippen molar-refractivity contribution in [3.63, 3.8) is 0 Å². The maximum atomic E-state index is 13.2. The molecular weight excluding hydrogens is 414 g/mol. The van der Waals surface area contributed by atoms with E-state index < -0.39 is 5.60 Å². The van der Waals surface area contributed by atoms with Gasteiger partial charge in [-0.3, -0.25) is 9.59 Å².